The fourth-order valence-electron chi connectivity index (χ4n) is 3.30. The standard InChI is InChI=1S/C24H21BrN2O2/c25-15-6-16-27-22-10-5-4-9-21(22)26-23(27)19-13-11-18(12-14-19)17-29-24(28)20-7-2-1-3-8-20/h1-5,7-14H,6,15-17H2. The van der Waals surface area contributed by atoms with Gasteiger partial charge in [-0.3, -0.25) is 0 Å². The molecule has 4 aromatic rings. The molecule has 29 heavy (non-hydrogen) atoms. The molecule has 0 N–H and O–H groups in total. The summed E-state index contributed by atoms with van der Waals surface area (Å²) in [5.74, 6) is 0.645. The highest BCUT2D eigenvalue weighted by atomic mass is 79.9. The summed E-state index contributed by atoms with van der Waals surface area (Å²) in [4.78, 5) is 17.0. The van der Waals surface area contributed by atoms with Crippen molar-refractivity contribution in [1.82, 2.24) is 9.55 Å². The van der Waals surface area contributed by atoms with E-state index in [1.165, 1.54) is 0 Å². The summed E-state index contributed by atoms with van der Waals surface area (Å²) in [6.45, 7) is 1.14. The molecule has 0 saturated heterocycles. The number of carbonyl (C=O) groups excluding carboxylic acids is 1. The zero-order chi connectivity index (χ0) is 20.1. The molecule has 4 rings (SSSR count). The second kappa shape index (κ2) is 9.05. The van der Waals surface area contributed by atoms with Gasteiger partial charge in [-0.15, -0.1) is 0 Å². The summed E-state index contributed by atoms with van der Waals surface area (Å²) in [6.07, 6.45) is 1.03. The van der Waals surface area contributed by atoms with Crippen LogP contribution in [0.25, 0.3) is 22.4 Å². The van der Waals surface area contributed by atoms with Crippen LogP contribution in [0, 0.1) is 0 Å². The summed E-state index contributed by atoms with van der Waals surface area (Å²) >= 11 is 3.52. The molecule has 0 aliphatic rings. The molecule has 4 nitrogen and oxygen atoms in total. The molecule has 0 bridgehead atoms. The molecule has 1 aromatic heterocycles. The van der Waals surface area contributed by atoms with Crippen molar-refractivity contribution < 1.29 is 9.53 Å². The number of carbonyl (C=O) groups is 1. The van der Waals surface area contributed by atoms with E-state index >= 15 is 0 Å². The molecule has 0 amide bonds. The van der Waals surface area contributed by atoms with Crippen molar-refractivity contribution in [2.24, 2.45) is 0 Å². The summed E-state index contributed by atoms with van der Waals surface area (Å²) < 4.78 is 7.68. The smallest absolute Gasteiger partial charge is 0.338 e. The minimum atomic E-state index is -0.314. The zero-order valence-corrected chi connectivity index (χ0v) is 17.5. The predicted octanol–water partition coefficient (Wildman–Crippen LogP) is 5.85. The van der Waals surface area contributed by atoms with Gasteiger partial charge in [0, 0.05) is 17.4 Å². The molecule has 146 valence electrons. The van der Waals surface area contributed by atoms with Crippen molar-refractivity contribution in [3.05, 3.63) is 90.0 Å². The number of ether oxygens (including phenoxy) is 1. The van der Waals surface area contributed by atoms with Crippen LogP contribution in [0.15, 0.2) is 78.9 Å². The van der Waals surface area contributed by atoms with Crippen molar-refractivity contribution in [2.75, 3.05) is 5.33 Å². The lowest BCUT2D eigenvalue weighted by molar-refractivity contribution is 0.0472. The molecule has 5 heteroatoms. The largest absolute Gasteiger partial charge is 0.457 e. The van der Waals surface area contributed by atoms with Crippen LogP contribution in [0.1, 0.15) is 22.3 Å². The van der Waals surface area contributed by atoms with E-state index in [0.717, 1.165) is 46.3 Å². The monoisotopic (exact) mass is 448 g/mol. The quantitative estimate of drug-likeness (QED) is 0.263. The van der Waals surface area contributed by atoms with Gasteiger partial charge in [0.15, 0.2) is 0 Å². The Morgan fingerprint density at radius 2 is 1.66 bits per heavy atom. The van der Waals surface area contributed by atoms with Crippen LogP contribution in [0.4, 0.5) is 0 Å². The Hall–Kier alpha value is -2.92. The van der Waals surface area contributed by atoms with Crippen LogP contribution in [0.5, 0.6) is 0 Å². The molecular weight excluding hydrogens is 428 g/mol. The van der Waals surface area contributed by atoms with Crippen molar-refractivity contribution in [1.29, 1.82) is 0 Å². The average molecular weight is 449 g/mol. The number of imidazole rings is 1. The van der Waals surface area contributed by atoms with Gasteiger partial charge in [-0.25, -0.2) is 9.78 Å². The number of esters is 1. The number of nitrogens with zero attached hydrogens (tertiary/aromatic N) is 2. The zero-order valence-electron chi connectivity index (χ0n) is 15.9. The van der Waals surface area contributed by atoms with Crippen LogP contribution in [-0.4, -0.2) is 20.9 Å². The minimum Gasteiger partial charge on any atom is -0.457 e. The minimum absolute atomic E-state index is 0.244. The second-order valence-corrected chi connectivity index (χ2v) is 7.55. The molecule has 3 aromatic carbocycles. The third-order valence-electron chi connectivity index (χ3n) is 4.76. The van der Waals surface area contributed by atoms with Crippen molar-refractivity contribution in [2.45, 2.75) is 19.6 Å². The van der Waals surface area contributed by atoms with Gasteiger partial charge in [0.2, 0.25) is 0 Å². The fourth-order valence-corrected chi connectivity index (χ4v) is 3.55. The van der Waals surface area contributed by atoms with E-state index < -0.39 is 0 Å². The lowest BCUT2D eigenvalue weighted by Gasteiger charge is -2.09. The van der Waals surface area contributed by atoms with Crippen molar-refractivity contribution in [3.8, 4) is 11.4 Å². The number of benzene rings is 3. The Morgan fingerprint density at radius 3 is 2.41 bits per heavy atom. The van der Waals surface area contributed by atoms with Gasteiger partial charge in [0.1, 0.15) is 12.4 Å². The molecule has 0 atom stereocenters. The normalized spacial score (nSPS) is 10.9. The van der Waals surface area contributed by atoms with Gasteiger partial charge < -0.3 is 9.30 Å². The van der Waals surface area contributed by atoms with Crippen LogP contribution >= 0.6 is 15.9 Å². The number of hydrogen-bond acceptors (Lipinski definition) is 3. The number of halogens is 1. The SMILES string of the molecule is O=C(OCc1ccc(-c2nc3ccccc3n2CCCBr)cc1)c1ccccc1. The molecule has 0 spiro atoms. The van der Waals surface area contributed by atoms with Gasteiger partial charge >= 0.3 is 5.97 Å². The third-order valence-corrected chi connectivity index (χ3v) is 5.32. The van der Waals surface area contributed by atoms with E-state index in [0.29, 0.717) is 5.56 Å². The van der Waals surface area contributed by atoms with Crippen LogP contribution in [-0.2, 0) is 17.9 Å². The number of aryl methyl sites for hydroxylation is 1. The van der Waals surface area contributed by atoms with E-state index in [2.05, 4.69) is 26.6 Å². The van der Waals surface area contributed by atoms with E-state index in [4.69, 9.17) is 9.72 Å². The van der Waals surface area contributed by atoms with Gasteiger partial charge in [0.05, 0.1) is 16.6 Å². The summed E-state index contributed by atoms with van der Waals surface area (Å²) in [5, 5.41) is 0.949. The number of alkyl halides is 1. The molecule has 0 radical (unpaired) electrons. The Bertz CT molecular complexity index is 1100. The van der Waals surface area contributed by atoms with Gasteiger partial charge in [-0.05, 0) is 36.2 Å². The highest BCUT2D eigenvalue weighted by Crippen LogP contribution is 2.26. The van der Waals surface area contributed by atoms with E-state index in [1.807, 2.05) is 60.7 Å². The molecule has 0 fully saturated rings. The number of para-hydroxylation sites is 2. The van der Waals surface area contributed by atoms with E-state index in [-0.39, 0.29) is 12.6 Å². The van der Waals surface area contributed by atoms with Gasteiger partial charge in [0.25, 0.3) is 0 Å². The third kappa shape index (κ3) is 4.40. The number of hydrogen-bond donors (Lipinski definition) is 0. The highest BCUT2D eigenvalue weighted by molar-refractivity contribution is 9.09. The van der Waals surface area contributed by atoms with Gasteiger partial charge in [-0.2, -0.15) is 0 Å². The van der Waals surface area contributed by atoms with Crippen molar-refractivity contribution in [3.63, 3.8) is 0 Å². The Morgan fingerprint density at radius 1 is 0.931 bits per heavy atom. The maximum Gasteiger partial charge on any atom is 0.338 e. The second-order valence-electron chi connectivity index (χ2n) is 6.76. The predicted molar refractivity (Wildman–Crippen MR) is 119 cm³/mol. The Labute approximate surface area is 178 Å². The first-order valence-corrected chi connectivity index (χ1v) is 10.7. The van der Waals surface area contributed by atoms with E-state index in [1.54, 1.807) is 12.1 Å². The summed E-state index contributed by atoms with van der Waals surface area (Å²) in [6, 6.07) is 25.3. The van der Waals surface area contributed by atoms with Crippen LogP contribution in [0.3, 0.4) is 0 Å². The van der Waals surface area contributed by atoms with Crippen LogP contribution < -0.4 is 0 Å². The average Bonchev–Trinajstić information content (AvgIpc) is 3.15. The molecular formula is C24H21BrN2O2. The Kier molecular flexibility index (Phi) is 6.06. The maximum atomic E-state index is 12.1. The van der Waals surface area contributed by atoms with E-state index in [9.17, 15) is 4.79 Å². The molecule has 1 heterocycles. The summed E-state index contributed by atoms with van der Waals surface area (Å²) in [7, 11) is 0. The first-order valence-electron chi connectivity index (χ1n) is 9.59. The first kappa shape index (κ1) is 19.4. The Balaban J connectivity index is 1.53. The van der Waals surface area contributed by atoms with Gasteiger partial charge in [-0.1, -0.05) is 70.5 Å². The topological polar surface area (TPSA) is 44.1 Å². The fraction of sp³-hybridized carbons (Fsp3) is 0.167. The summed E-state index contributed by atoms with van der Waals surface area (Å²) in [5.41, 5.74) is 4.70. The lowest BCUT2D eigenvalue weighted by Crippen LogP contribution is -2.05. The molecule has 0 unspecified atom stereocenters. The molecule has 0 aliphatic carbocycles. The first-order chi connectivity index (χ1) is 14.3. The molecule has 0 aliphatic heterocycles. The molecule has 0 saturated carbocycles. The number of rotatable bonds is 7. The van der Waals surface area contributed by atoms with Crippen LogP contribution in [0.2, 0.25) is 0 Å². The maximum absolute atomic E-state index is 12.1. The van der Waals surface area contributed by atoms with Crippen molar-refractivity contribution >= 4 is 32.9 Å². The number of aromatic nitrogens is 2. The lowest BCUT2D eigenvalue weighted by atomic mass is 10.1. The number of fused-ring (bicyclic) bond motifs is 1. The highest BCUT2D eigenvalue weighted by Gasteiger charge is 2.12.